The number of hydrogen-bond donors (Lipinski definition) is 1. The third-order valence-electron chi connectivity index (χ3n) is 7.46. The maximum Gasteiger partial charge on any atom is 0.424 e. The van der Waals surface area contributed by atoms with Crippen LogP contribution >= 0.6 is 46.4 Å². The lowest BCUT2D eigenvalue weighted by molar-refractivity contribution is -0.137. The Balaban J connectivity index is 1.71. The third-order valence-corrected chi connectivity index (χ3v) is 9.10. The van der Waals surface area contributed by atoms with Gasteiger partial charge in [0, 0.05) is 23.6 Å². The zero-order valence-corrected chi connectivity index (χ0v) is 31.6. The van der Waals surface area contributed by atoms with Crippen molar-refractivity contribution in [3.05, 3.63) is 92.2 Å². The molecule has 3 aromatic carbocycles. The number of ether oxygens (including phenoxy) is 2. The highest BCUT2D eigenvalue weighted by Gasteiger charge is 2.67. The molecule has 0 bridgehead atoms. The summed E-state index contributed by atoms with van der Waals surface area (Å²) < 4.78 is 96.0. The molecule has 0 heterocycles. The minimum Gasteiger partial charge on any atom is -0.443 e. The van der Waals surface area contributed by atoms with Crippen LogP contribution in [0.4, 0.5) is 47.3 Å². The number of benzene rings is 3. The van der Waals surface area contributed by atoms with E-state index < -0.39 is 114 Å². The van der Waals surface area contributed by atoms with Gasteiger partial charge in [-0.05, 0) is 83.0 Å². The van der Waals surface area contributed by atoms with Crippen LogP contribution in [0.1, 0.15) is 74.5 Å². The van der Waals surface area contributed by atoms with Crippen LogP contribution in [0.15, 0.2) is 42.5 Å². The normalized spacial score (nSPS) is 16.8. The van der Waals surface area contributed by atoms with E-state index in [4.69, 9.17) is 55.9 Å². The van der Waals surface area contributed by atoms with Gasteiger partial charge in [0.25, 0.3) is 0 Å². The highest BCUT2D eigenvalue weighted by atomic mass is 35.5. The second-order valence-electron chi connectivity index (χ2n) is 13.9. The van der Waals surface area contributed by atoms with E-state index in [1.165, 1.54) is 53.7 Å². The SMILES string of the molecule is CC(C)(C)OC(=O)N(C(=O)OC(C)(C)C)c1c(F)ccc(CC(=O)c2cc(NC(=O)C3C(c4ccc(F)c(Cl)c4)C3(Cl)Cl)cc(C(F)(F)F)c2Cl)c1F. The number of amides is 3. The quantitative estimate of drug-likeness (QED) is 0.145. The minimum atomic E-state index is -5.17. The van der Waals surface area contributed by atoms with Crippen LogP contribution in [0.2, 0.25) is 10.0 Å². The first-order valence-corrected chi connectivity index (χ1v) is 17.0. The topological polar surface area (TPSA) is 102 Å². The summed E-state index contributed by atoms with van der Waals surface area (Å²) in [6, 6.07) is 6.12. The van der Waals surface area contributed by atoms with Crippen molar-refractivity contribution in [2.45, 2.75) is 75.6 Å². The molecule has 8 nitrogen and oxygen atoms in total. The van der Waals surface area contributed by atoms with Crippen molar-refractivity contribution in [2.75, 3.05) is 10.2 Å². The lowest BCUT2D eigenvalue weighted by Gasteiger charge is -2.29. The van der Waals surface area contributed by atoms with Gasteiger partial charge >= 0.3 is 18.4 Å². The van der Waals surface area contributed by atoms with E-state index >= 15 is 8.78 Å². The molecule has 3 aromatic rings. The van der Waals surface area contributed by atoms with Gasteiger partial charge in [-0.1, -0.05) is 35.3 Å². The molecule has 18 heteroatoms. The maximum absolute atomic E-state index is 16.1. The van der Waals surface area contributed by atoms with Gasteiger partial charge in [-0.2, -0.15) is 18.1 Å². The van der Waals surface area contributed by atoms with Crippen molar-refractivity contribution in [1.82, 2.24) is 0 Å². The first-order chi connectivity index (χ1) is 24.1. The molecule has 53 heavy (non-hydrogen) atoms. The Morgan fingerprint density at radius 3 is 1.89 bits per heavy atom. The van der Waals surface area contributed by atoms with Crippen molar-refractivity contribution in [3.8, 4) is 0 Å². The summed E-state index contributed by atoms with van der Waals surface area (Å²) in [7, 11) is 0. The van der Waals surface area contributed by atoms with Crippen molar-refractivity contribution in [2.24, 2.45) is 5.92 Å². The number of carbonyl (C=O) groups excluding carboxylic acids is 4. The molecule has 0 aliphatic heterocycles. The summed E-state index contributed by atoms with van der Waals surface area (Å²) >= 11 is 24.5. The van der Waals surface area contributed by atoms with Gasteiger partial charge in [0.2, 0.25) is 5.91 Å². The number of nitrogens with one attached hydrogen (secondary N) is 1. The molecule has 0 spiro atoms. The van der Waals surface area contributed by atoms with Crippen LogP contribution in [-0.2, 0) is 26.9 Å². The van der Waals surface area contributed by atoms with Crippen LogP contribution in [0.3, 0.4) is 0 Å². The minimum absolute atomic E-state index is 0.0428. The Morgan fingerprint density at radius 1 is 0.830 bits per heavy atom. The molecular weight excluding hydrogens is 800 g/mol. The fourth-order valence-electron chi connectivity index (χ4n) is 5.16. The van der Waals surface area contributed by atoms with Gasteiger partial charge in [0.1, 0.15) is 27.0 Å². The number of alkyl halides is 5. The Morgan fingerprint density at radius 2 is 1.38 bits per heavy atom. The third kappa shape index (κ3) is 9.51. The molecule has 1 aliphatic rings. The van der Waals surface area contributed by atoms with Crippen molar-refractivity contribution in [3.63, 3.8) is 0 Å². The van der Waals surface area contributed by atoms with E-state index in [-0.39, 0.29) is 15.5 Å². The van der Waals surface area contributed by atoms with Crippen molar-refractivity contribution < 1.29 is 55.0 Å². The van der Waals surface area contributed by atoms with E-state index in [9.17, 15) is 36.7 Å². The summed E-state index contributed by atoms with van der Waals surface area (Å²) in [6.45, 7) is 8.51. The van der Waals surface area contributed by atoms with Crippen LogP contribution in [0, 0.1) is 23.4 Å². The van der Waals surface area contributed by atoms with Gasteiger partial charge in [-0.25, -0.2) is 22.8 Å². The molecule has 0 aromatic heterocycles. The summed E-state index contributed by atoms with van der Waals surface area (Å²) in [4.78, 5) is 52.9. The summed E-state index contributed by atoms with van der Waals surface area (Å²) in [5, 5.41) is 0.829. The molecule has 1 aliphatic carbocycles. The lowest BCUT2D eigenvalue weighted by atomic mass is 9.98. The fraction of sp³-hybridized carbons (Fsp3) is 0.371. The Labute approximate surface area is 319 Å². The first-order valence-electron chi connectivity index (χ1n) is 15.4. The molecule has 0 radical (unpaired) electrons. The standard InChI is InChI=1S/C35H30Cl4F6N2O6/c1-32(2,3)52-30(50)47(31(51)53-33(4,5)6)28-22(41)10-8-16(27(28)42)12-23(48)18-13-17(14-19(26(18)37)35(43,44)45)46-29(49)25-24(34(25,38)39)15-7-9-21(40)20(36)11-15/h7-11,13-14,24-25H,12H2,1-6H3,(H,46,49). The molecule has 1 saturated carbocycles. The van der Waals surface area contributed by atoms with Crippen LogP contribution < -0.4 is 10.2 Å². The lowest BCUT2D eigenvalue weighted by Crippen LogP contribution is -2.44. The number of ketones is 1. The first kappa shape index (κ1) is 42.0. The Kier molecular flexibility index (Phi) is 11.8. The average molecular weight is 830 g/mol. The molecule has 4 rings (SSSR count). The van der Waals surface area contributed by atoms with E-state index in [0.29, 0.717) is 12.1 Å². The zero-order chi connectivity index (χ0) is 40.2. The van der Waals surface area contributed by atoms with Crippen LogP contribution in [0.5, 0.6) is 0 Å². The van der Waals surface area contributed by atoms with E-state index in [1.54, 1.807) is 0 Å². The maximum atomic E-state index is 16.1. The number of anilines is 2. The second kappa shape index (κ2) is 14.8. The predicted molar refractivity (Wildman–Crippen MR) is 187 cm³/mol. The molecule has 1 fully saturated rings. The monoisotopic (exact) mass is 828 g/mol. The van der Waals surface area contributed by atoms with Crippen molar-refractivity contribution >= 4 is 81.7 Å². The van der Waals surface area contributed by atoms with E-state index in [2.05, 4.69) is 5.32 Å². The number of halogens is 10. The number of Topliss-reactive ketones (excluding diaryl/α,β-unsaturated/α-hetero) is 1. The molecule has 2 unspecified atom stereocenters. The highest BCUT2D eigenvalue weighted by Crippen LogP contribution is 2.65. The molecule has 3 amide bonds. The van der Waals surface area contributed by atoms with E-state index in [1.807, 2.05) is 0 Å². The zero-order valence-electron chi connectivity index (χ0n) is 28.6. The summed E-state index contributed by atoms with van der Waals surface area (Å²) in [6.07, 6.45) is -9.31. The van der Waals surface area contributed by atoms with Crippen LogP contribution in [-0.4, -0.2) is 39.4 Å². The number of rotatable bonds is 7. The van der Waals surface area contributed by atoms with Gasteiger partial charge < -0.3 is 14.8 Å². The Hall–Kier alpha value is -3.72. The van der Waals surface area contributed by atoms with Gasteiger partial charge in [-0.15, -0.1) is 23.2 Å². The number of carbonyl (C=O) groups is 4. The van der Waals surface area contributed by atoms with Gasteiger partial charge in [0.05, 0.1) is 21.5 Å². The summed E-state index contributed by atoms with van der Waals surface area (Å²) in [5.74, 6) is -8.26. The molecule has 2 atom stereocenters. The molecule has 286 valence electrons. The average Bonchev–Trinajstić information content (AvgIpc) is 3.57. The van der Waals surface area contributed by atoms with Crippen LogP contribution in [0.25, 0.3) is 0 Å². The number of nitrogens with zero attached hydrogens (tertiary/aromatic N) is 1. The summed E-state index contributed by atoms with van der Waals surface area (Å²) in [5.41, 5.74) is -7.17. The predicted octanol–water partition coefficient (Wildman–Crippen LogP) is 11.1. The molecule has 0 saturated heterocycles. The molecule has 1 N–H and O–H groups in total. The number of imide groups is 1. The highest BCUT2D eigenvalue weighted by molar-refractivity contribution is 6.53. The fourth-order valence-corrected chi connectivity index (χ4v) is 6.50. The smallest absolute Gasteiger partial charge is 0.424 e. The Bertz CT molecular complexity index is 1970. The second-order valence-corrected chi connectivity index (χ2v) is 16.2. The van der Waals surface area contributed by atoms with Gasteiger partial charge in [-0.3, -0.25) is 9.59 Å². The molecular formula is C35H30Cl4F6N2O6. The van der Waals surface area contributed by atoms with E-state index in [0.717, 1.165) is 18.2 Å². The van der Waals surface area contributed by atoms with Gasteiger partial charge in [0.15, 0.2) is 17.4 Å². The largest absolute Gasteiger partial charge is 0.443 e. The van der Waals surface area contributed by atoms with Crippen molar-refractivity contribution in [1.29, 1.82) is 0 Å². The number of hydrogen-bond acceptors (Lipinski definition) is 6.